The number of nitrogens with two attached hydrogens (primary N) is 2. The van der Waals surface area contributed by atoms with Crippen LogP contribution in [-0.4, -0.2) is 20.7 Å². The SMILES string of the molecule is Cc1cc(-n2cc(C(N)=O)cn2)ncc1N. The smallest absolute Gasteiger partial charge is 0.251 e. The van der Waals surface area contributed by atoms with Crippen molar-refractivity contribution in [2.24, 2.45) is 5.73 Å². The number of aromatic nitrogens is 3. The van der Waals surface area contributed by atoms with Crippen LogP contribution in [0.15, 0.2) is 24.7 Å². The predicted octanol–water partition coefficient (Wildman–Crippen LogP) is 0.257. The summed E-state index contributed by atoms with van der Waals surface area (Å²) in [6.45, 7) is 1.87. The zero-order valence-corrected chi connectivity index (χ0v) is 8.71. The number of nitrogens with zero attached hydrogens (tertiary/aromatic N) is 3. The summed E-state index contributed by atoms with van der Waals surface area (Å²) in [5, 5.41) is 3.99. The molecule has 2 heterocycles. The molecule has 0 aliphatic rings. The fourth-order valence-electron chi connectivity index (χ4n) is 1.25. The van der Waals surface area contributed by atoms with Crippen molar-refractivity contribution in [3.63, 3.8) is 0 Å². The molecule has 0 aliphatic heterocycles. The first-order valence-electron chi connectivity index (χ1n) is 4.65. The van der Waals surface area contributed by atoms with Gasteiger partial charge in [-0.15, -0.1) is 0 Å². The van der Waals surface area contributed by atoms with Gasteiger partial charge in [0, 0.05) is 6.20 Å². The van der Waals surface area contributed by atoms with Crippen LogP contribution < -0.4 is 11.5 Å². The Labute approximate surface area is 91.9 Å². The summed E-state index contributed by atoms with van der Waals surface area (Å²) in [7, 11) is 0. The Morgan fingerprint density at radius 3 is 2.75 bits per heavy atom. The number of primary amides is 1. The Morgan fingerprint density at radius 2 is 2.19 bits per heavy atom. The zero-order valence-electron chi connectivity index (χ0n) is 8.71. The molecule has 0 saturated carbocycles. The van der Waals surface area contributed by atoms with Crippen molar-refractivity contribution in [1.82, 2.24) is 14.8 Å². The molecule has 6 nitrogen and oxygen atoms in total. The van der Waals surface area contributed by atoms with E-state index >= 15 is 0 Å². The highest BCUT2D eigenvalue weighted by atomic mass is 16.1. The number of hydrogen-bond acceptors (Lipinski definition) is 4. The van der Waals surface area contributed by atoms with E-state index < -0.39 is 5.91 Å². The van der Waals surface area contributed by atoms with Gasteiger partial charge < -0.3 is 11.5 Å². The molecule has 0 bridgehead atoms. The summed E-state index contributed by atoms with van der Waals surface area (Å²) in [5.74, 6) is 0.0811. The first-order chi connectivity index (χ1) is 7.58. The molecule has 16 heavy (non-hydrogen) atoms. The van der Waals surface area contributed by atoms with Crippen LogP contribution in [-0.2, 0) is 0 Å². The van der Waals surface area contributed by atoms with Gasteiger partial charge in [0.25, 0.3) is 5.91 Å². The molecule has 2 aromatic heterocycles. The lowest BCUT2D eigenvalue weighted by Gasteiger charge is -2.03. The van der Waals surface area contributed by atoms with Gasteiger partial charge in [0.2, 0.25) is 0 Å². The normalized spacial score (nSPS) is 10.3. The molecule has 0 fully saturated rings. The molecule has 0 spiro atoms. The van der Waals surface area contributed by atoms with Gasteiger partial charge >= 0.3 is 0 Å². The molecule has 0 aliphatic carbocycles. The van der Waals surface area contributed by atoms with Crippen molar-refractivity contribution < 1.29 is 4.79 Å². The van der Waals surface area contributed by atoms with Gasteiger partial charge in [0.15, 0.2) is 5.82 Å². The minimum atomic E-state index is -0.515. The van der Waals surface area contributed by atoms with E-state index in [2.05, 4.69) is 10.1 Å². The Hall–Kier alpha value is -2.37. The van der Waals surface area contributed by atoms with Crippen LogP contribution in [0.2, 0.25) is 0 Å². The van der Waals surface area contributed by atoms with Gasteiger partial charge in [-0.3, -0.25) is 4.79 Å². The predicted molar refractivity (Wildman–Crippen MR) is 59.0 cm³/mol. The first-order valence-corrected chi connectivity index (χ1v) is 4.65. The van der Waals surface area contributed by atoms with E-state index in [-0.39, 0.29) is 0 Å². The van der Waals surface area contributed by atoms with Gasteiger partial charge in [0.1, 0.15) is 0 Å². The first kappa shape index (κ1) is 10.2. The second kappa shape index (κ2) is 3.65. The van der Waals surface area contributed by atoms with Crippen molar-refractivity contribution >= 4 is 11.6 Å². The molecule has 2 aromatic rings. The molecule has 4 N–H and O–H groups in total. The van der Waals surface area contributed by atoms with Crippen LogP contribution in [0.25, 0.3) is 5.82 Å². The Morgan fingerprint density at radius 1 is 1.44 bits per heavy atom. The fourth-order valence-corrected chi connectivity index (χ4v) is 1.25. The van der Waals surface area contributed by atoms with E-state index in [0.717, 1.165) is 5.56 Å². The van der Waals surface area contributed by atoms with Crippen molar-refractivity contribution in [3.05, 3.63) is 35.8 Å². The fraction of sp³-hybridized carbons (Fsp3) is 0.100. The monoisotopic (exact) mass is 217 g/mol. The average molecular weight is 217 g/mol. The maximum Gasteiger partial charge on any atom is 0.251 e. The summed E-state index contributed by atoms with van der Waals surface area (Å²) < 4.78 is 1.48. The lowest BCUT2D eigenvalue weighted by atomic mass is 10.2. The van der Waals surface area contributed by atoms with Crippen LogP contribution in [0.4, 0.5) is 5.69 Å². The zero-order chi connectivity index (χ0) is 11.7. The number of nitrogen functional groups attached to an aromatic ring is 1. The number of carbonyl (C=O) groups excluding carboxylic acids is 1. The third-order valence-electron chi connectivity index (χ3n) is 2.24. The van der Waals surface area contributed by atoms with Gasteiger partial charge in [-0.05, 0) is 18.6 Å². The van der Waals surface area contributed by atoms with Gasteiger partial charge in [0.05, 0.1) is 23.6 Å². The Kier molecular flexibility index (Phi) is 2.32. The number of pyridine rings is 1. The molecule has 82 valence electrons. The van der Waals surface area contributed by atoms with Crippen LogP contribution in [0.5, 0.6) is 0 Å². The van der Waals surface area contributed by atoms with Crippen molar-refractivity contribution in [2.45, 2.75) is 6.92 Å². The summed E-state index contributed by atoms with van der Waals surface area (Å²) in [6.07, 6.45) is 4.48. The third kappa shape index (κ3) is 1.72. The van der Waals surface area contributed by atoms with Crippen LogP contribution in [0, 0.1) is 6.92 Å². The van der Waals surface area contributed by atoms with Gasteiger partial charge in [-0.2, -0.15) is 5.10 Å². The number of amides is 1. The minimum absolute atomic E-state index is 0.344. The molecular weight excluding hydrogens is 206 g/mol. The van der Waals surface area contributed by atoms with Crippen LogP contribution in [0.3, 0.4) is 0 Å². The van der Waals surface area contributed by atoms with E-state index in [1.165, 1.54) is 17.1 Å². The van der Waals surface area contributed by atoms with Crippen LogP contribution >= 0.6 is 0 Å². The maximum absolute atomic E-state index is 10.9. The molecule has 6 heteroatoms. The molecule has 0 radical (unpaired) electrons. The third-order valence-corrected chi connectivity index (χ3v) is 2.24. The van der Waals surface area contributed by atoms with Crippen molar-refractivity contribution in [3.8, 4) is 5.82 Å². The standard InChI is InChI=1S/C10H11N5O/c1-6-2-9(13-4-8(6)11)15-5-7(3-14-15)10(12)16/h2-5H,11H2,1H3,(H2,12,16). The Bertz CT molecular complexity index is 546. The summed E-state index contributed by atoms with van der Waals surface area (Å²) >= 11 is 0. The highest BCUT2D eigenvalue weighted by Crippen LogP contribution is 2.12. The molecule has 2 rings (SSSR count). The lowest BCUT2D eigenvalue weighted by Crippen LogP contribution is -2.09. The lowest BCUT2D eigenvalue weighted by molar-refractivity contribution is 0.100. The van der Waals surface area contributed by atoms with E-state index in [0.29, 0.717) is 17.1 Å². The summed E-state index contributed by atoms with van der Waals surface area (Å²) in [4.78, 5) is 15.0. The molecule has 1 amide bonds. The summed E-state index contributed by atoms with van der Waals surface area (Å²) in [6, 6.07) is 1.78. The maximum atomic E-state index is 10.9. The van der Waals surface area contributed by atoms with E-state index in [1.54, 1.807) is 12.3 Å². The second-order valence-electron chi connectivity index (χ2n) is 3.44. The minimum Gasteiger partial charge on any atom is -0.397 e. The largest absolute Gasteiger partial charge is 0.397 e. The number of carbonyl (C=O) groups is 1. The number of hydrogen-bond donors (Lipinski definition) is 2. The highest BCUT2D eigenvalue weighted by molar-refractivity contribution is 5.92. The molecule has 0 saturated heterocycles. The van der Waals surface area contributed by atoms with Crippen LogP contribution in [0.1, 0.15) is 15.9 Å². The van der Waals surface area contributed by atoms with E-state index in [1.807, 2.05) is 6.92 Å². The molecular formula is C10H11N5O. The highest BCUT2D eigenvalue weighted by Gasteiger charge is 2.06. The van der Waals surface area contributed by atoms with E-state index in [9.17, 15) is 4.79 Å². The number of anilines is 1. The molecule has 0 atom stereocenters. The second-order valence-corrected chi connectivity index (χ2v) is 3.44. The molecule has 0 aromatic carbocycles. The van der Waals surface area contributed by atoms with Gasteiger partial charge in [-0.1, -0.05) is 0 Å². The number of aryl methyl sites for hydroxylation is 1. The van der Waals surface area contributed by atoms with Crippen molar-refractivity contribution in [1.29, 1.82) is 0 Å². The van der Waals surface area contributed by atoms with Crippen molar-refractivity contribution in [2.75, 3.05) is 5.73 Å². The quantitative estimate of drug-likeness (QED) is 0.753. The average Bonchev–Trinajstić information content (AvgIpc) is 2.71. The number of rotatable bonds is 2. The topological polar surface area (TPSA) is 99.8 Å². The van der Waals surface area contributed by atoms with E-state index in [4.69, 9.17) is 11.5 Å². The molecule has 0 unspecified atom stereocenters. The summed E-state index contributed by atoms with van der Waals surface area (Å²) in [5.41, 5.74) is 12.6. The Balaban J connectivity index is 2.42. The van der Waals surface area contributed by atoms with Gasteiger partial charge in [-0.25, -0.2) is 9.67 Å².